The molecule has 0 aromatic heterocycles. The Bertz CT molecular complexity index is 349. The molecule has 1 N–H and O–H groups in total. The lowest BCUT2D eigenvalue weighted by Gasteiger charge is -2.31. The van der Waals surface area contributed by atoms with Crippen molar-refractivity contribution < 1.29 is 14.7 Å². The minimum absolute atomic E-state index is 0.0782. The summed E-state index contributed by atoms with van der Waals surface area (Å²) in [4.78, 5) is 26.9. The van der Waals surface area contributed by atoms with Crippen molar-refractivity contribution in [1.82, 2.24) is 9.80 Å². The molecule has 2 saturated carbocycles. The highest BCUT2D eigenvalue weighted by molar-refractivity contribution is 5.80. The number of aliphatic carboxylic acids is 1. The van der Waals surface area contributed by atoms with E-state index in [2.05, 4.69) is 13.8 Å². The summed E-state index contributed by atoms with van der Waals surface area (Å²) in [6.45, 7) is 5.34. The van der Waals surface area contributed by atoms with Crippen LogP contribution in [0.25, 0.3) is 0 Å². The molecule has 2 amide bonds. The lowest BCUT2D eigenvalue weighted by atomic mass is 10.2. The molecule has 5 nitrogen and oxygen atoms in total. The smallest absolute Gasteiger partial charge is 0.323 e. The highest BCUT2D eigenvalue weighted by Crippen LogP contribution is 2.32. The second-order valence-corrected chi connectivity index (χ2v) is 6.28. The fraction of sp³-hybridized carbons (Fsp3) is 0.857. The first-order valence-electron chi connectivity index (χ1n) is 7.24. The molecule has 2 aliphatic rings. The zero-order chi connectivity index (χ0) is 14.0. The molecule has 0 aromatic rings. The van der Waals surface area contributed by atoms with Crippen LogP contribution in [0.15, 0.2) is 0 Å². The Balaban J connectivity index is 1.99. The number of carbonyl (C=O) groups excluding carboxylic acids is 1. The molecule has 2 rings (SSSR count). The van der Waals surface area contributed by atoms with E-state index in [1.165, 1.54) is 4.90 Å². The summed E-state index contributed by atoms with van der Waals surface area (Å²) in [5.74, 6) is 0.00912. The van der Waals surface area contributed by atoms with E-state index in [1.54, 1.807) is 0 Å². The third kappa shape index (κ3) is 4.40. The van der Waals surface area contributed by atoms with Crippen LogP contribution in [0.3, 0.4) is 0 Å². The lowest BCUT2D eigenvalue weighted by Crippen LogP contribution is -2.48. The van der Waals surface area contributed by atoms with Gasteiger partial charge in [-0.2, -0.15) is 0 Å². The summed E-state index contributed by atoms with van der Waals surface area (Å²) in [5.41, 5.74) is 0. The number of urea groups is 1. The molecule has 0 aromatic carbocycles. The fourth-order valence-electron chi connectivity index (χ4n) is 2.33. The predicted octanol–water partition coefficient (Wildman–Crippen LogP) is 2.02. The molecule has 0 aliphatic heterocycles. The number of carbonyl (C=O) groups is 2. The SMILES string of the molecule is CC(C)CN(C(=O)N(CC(=O)O)CC1CC1)C1CC1. The van der Waals surface area contributed by atoms with Crippen LogP contribution in [0.2, 0.25) is 0 Å². The van der Waals surface area contributed by atoms with E-state index < -0.39 is 5.97 Å². The monoisotopic (exact) mass is 268 g/mol. The second-order valence-electron chi connectivity index (χ2n) is 6.28. The van der Waals surface area contributed by atoms with Crippen molar-refractivity contribution in [3.63, 3.8) is 0 Å². The maximum absolute atomic E-state index is 12.5. The normalized spacial score (nSPS) is 18.5. The van der Waals surface area contributed by atoms with E-state index in [-0.39, 0.29) is 12.6 Å². The predicted molar refractivity (Wildman–Crippen MR) is 71.9 cm³/mol. The van der Waals surface area contributed by atoms with Gasteiger partial charge in [0.25, 0.3) is 0 Å². The Kier molecular flexibility index (Phi) is 4.32. The molecule has 0 saturated heterocycles. The Hall–Kier alpha value is -1.26. The van der Waals surface area contributed by atoms with Crippen LogP contribution in [-0.4, -0.2) is 52.6 Å². The highest BCUT2D eigenvalue weighted by atomic mass is 16.4. The third-order valence-corrected chi connectivity index (χ3v) is 3.57. The number of rotatable bonds is 7. The summed E-state index contributed by atoms with van der Waals surface area (Å²) in [7, 11) is 0. The van der Waals surface area contributed by atoms with Crippen molar-refractivity contribution in [2.45, 2.75) is 45.6 Å². The van der Waals surface area contributed by atoms with Crippen molar-refractivity contribution in [1.29, 1.82) is 0 Å². The average molecular weight is 268 g/mol. The van der Waals surface area contributed by atoms with Gasteiger partial charge in [-0.15, -0.1) is 0 Å². The van der Waals surface area contributed by atoms with Gasteiger partial charge in [-0.05, 0) is 37.5 Å². The van der Waals surface area contributed by atoms with Gasteiger partial charge in [0.15, 0.2) is 0 Å². The average Bonchev–Trinajstić information content (AvgIpc) is 3.15. The lowest BCUT2D eigenvalue weighted by molar-refractivity contribution is -0.137. The van der Waals surface area contributed by atoms with Gasteiger partial charge in [0.1, 0.15) is 6.54 Å². The molecular formula is C14H24N2O3. The third-order valence-electron chi connectivity index (χ3n) is 3.57. The van der Waals surface area contributed by atoms with E-state index in [1.807, 2.05) is 4.90 Å². The van der Waals surface area contributed by atoms with Gasteiger partial charge in [0, 0.05) is 19.1 Å². The van der Waals surface area contributed by atoms with Gasteiger partial charge in [-0.3, -0.25) is 4.79 Å². The molecule has 0 radical (unpaired) electrons. The zero-order valence-electron chi connectivity index (χ0n) is 11.8. The minimum Gasteiger partial charge on any atom is -0.480 e. The Labute approximate surface area is 114 Å². The molecule has 0 atom stereocenters. The van der Waals surface area contributed by atoms with Gasteiger partial charge in [0.05, 0.1) is 0 Å². The van der Waals surface area contributed by atoms with Crippen molar-refractivity contribution in [2.75, 3.05) is 19.6 Å². The summed E-state index contributed by atoms with van der Waals surface area (Å²) < 4.78 is 0. The Morgan fingerprint density at radius 1 is 1.21 bits per heavy atom. The van der Waals surface area contributed by atoms with E-state index in [0.29, 0.717) is 24.4 Å². The zero-order valence-corrected chi connectivity index (χ0v) is 11.8. The number of hydrogen-bond acceptors (Lipinski definition) is 2. The van der Waals surface area contributed by atoms with Crippen molar-refractivity contribution >= 4 is 12.0 Å². The molecule has 0 unspecified atom stereocenters. The first kappa shape index (κ1) is 14.2. The van der Waals surface area contributed by atoms with Crippen LogP contribution in [0.4, 0.5) is 4.79 Å². The van der Waals surface area contributed by atoms with Crippen LogP contribution in [-0.2, 0) is 4.79 Å². The van der Waals surface area contributed by atoms with E-state index in [9.17, 15) is 9.59 Å². The van der Waals surface area contributed by atoms with Crippen LogP contribution < -0.4 is 0 Å². The molecule has 5 heteroatoms. The Morgan fingerprint density at radius 2 is 1.84 bits per heavy atom. The summed E-state index contributed by atoms with van der Waals surface area (Å²) in [6, 6.07) is 0.260. The van der Waals surface area contributed by atoms with Gasteiger partial charge >= 0.3 is 12.0 Å². The van der Waals surface area contributed by atoms with E-state index in [4.69, 9.17) is 5.11 Å². The molecule has 0 bridgehead atoms. The van der Waals surface area contributed by atoms with E-state index >= 15 is 0 Å². The molecule has 19 heavy (non-hydrogen) atoms. The van der Waals surface area contributed by atoms with Crippen molar-refractivity contribution in [3.8, 4) is 0 Å². The largest absolute Gasteiger partial charge is 0.480 e. The highest BCUT2D eigenvalue weighted by Gasteiger charge is 2.37. The van der Waals surface area contributed by atoms with Gasteiger partial charge < -0.3 is 14.9 Å². The first-order valence-corrected chi connectivity index (χ1v) is 7.24. The second kappa shape index (κ2) is 5.80. The summed E-state index contributed by atoms with van der Waals surface area (Å²) in [5, 5.41) is 8.97. The van der Waals surface area contributed by atoms with Crippen molar-refractivity contribution in [2.24, 2.45) is 11.8 Å². The number of hydrogen-bond donors (Lipinski definition) is 1. The summed E-state index contributed by atoms with van der Waals surface area (Å²) in [6.07, 6.45) is 4.36. The van der Waals surface area contributed by atoms with Gasteiger partial charge in [-0.25, -0.2) is 4.79 Å². The minimum atomic E-state index is -0.922. The maximum Gasteiger partial charge on any atom is 0.323 e. The van der Waals surface area contributed by atoms with Gasteiger partial charge in [0.2, 0.25) is 0 Å². The van der Waals surface area contributed by atoms with Crippen LogP contribution in [0.5, 0.6) is 0 Å². The fourth-order valence-corrected chi connectivity index (χ4v) is 2.33. The van der Waals surface area contributed by atoms with Crippen LogP contribution in [0, 0.1) is 11.8 Å². The first-order chi connectivity index (χ1) is 8.97. The number of carboxylic acid groups (broad SMARTS) is 1. The molecule has 0 heterocycles. The van der Waals surface area contributed by atoms with Crippen LogP contribution in [0.1, 0.15) is 39.5 Å². The molecule has 2 aliphatic carbocycles. The summed E-state index contributed by atoms with van der Waals surface area (Å²) >= 11 is 0. The Morgan fingerprint density at radius 3 is 2.26 bits per heavy atom. The molecule has 108 valence electrons. The molecular weight excluding hydrogens is 244 g/mol. The maximum atomic E-state index is 12.5. The van der Waals surface area contributed by atoms with Gasteiger partial charge in [-0.1, -0.05) is 13.8 Å². The number of nitrogens with zero attached hydrogens (tertiary/aromatic N) is 2. The van der Waals surface area contributed by atoms with E-state index in [0.717, 1.165) is 32.2 Å². The number of carboxylic acids is 1. The number of amides is 2. The topological polar surface area (TPSA) is 60.9 Å². The quantitative estimate of drug-likeness (QED) is 0.768. The standard InChI is InChI=1S/C14H24N2O3/c1-10(2)7-16(12-5-6-12)14(19)15(9-13(17)18)8-11-3-4-11/h10-12H,3-9H2,1-2H3,(H,17,18). The molecule has 2 fully saturated rings. The van der Waals surface area contributed by atoms with Crippen LogP contribution >= 0.6 is 0 Å². The van der Waals surface area contributed by atoms with Crippen molar-refractivity contribution in [3.05, 3.63) is 0 Å². The molecule has 0 spiro atoms.